The van der Waals surface area contributed by atoms with Crippen molar-refractivity contribution in [1.29, 1.82) is 0 Å². The van der Waals surface area contributed by atoms with Crippen molar-refractivity contribution in [1.82, 2.24) is 0 Å². The van der Waals surface area contributed by atoms with Gasteiger partial charge in [-0.05, 0) is 32.8 Å². The summed E-state index contributed by atoms with van der Waals surface area (Å²) in [5.41, 5.74) is 8.70. The average molecular weight is 275 g/mol. The Bertz CT molecular complexity index is 443. The summed E-state index contributed by atoms with van der Waals surface area (Å²) < 4.78 is 6.27. The van der Waals surface area contributed by atoms with Gasteiger partial charge in [0.1, 0.15) is 11.4 Å². The summed E-state index contributed by atoms with van der Waals surface area (Å²) in [6, 6.07) is 6.47. The number of hydrogen-bond acceptors (Lipinski definition) is 2. The molecule has 112 valence electrons. The molecule has 1 aliphatic rings. The van der Waals surface area contributed by atoms with Crippen LogP contribution >= 0.6 is 0 Å². The minimum atomic E-state index is -0.0894. The summed E-state index contributed by atoms with van der Waals surface area (Å²) in [6.45, 7) is 6.58. The Morgan fingerprint density at radius 1 is 1.25 bits per heavy atom. The van der Waals surface area contributed by atoms with E-state index in [4.69, 9.17) is 10.5 Å². The van der Waals surface area contributed by atoms with Gasteiger partial charge in [0.2, 0.25) is 0 Å². The van der Waals surface area contributed by atoms with E-state index in [2.05, 4.69) is 39.0 Å². The Morgan fingerprint density at radius 3 is 2.75 bits per heavy atom. The predicted octanol–water partition coefficient (Wildman–Crippen LogP) is 4.90. The summed E-state index contributed by atoms with van der Waals surface area (Å²) in [5, 5.41) is 0. The summed E-state index contributed by atoms with van der Waals surface area (Å²) in [7, 11) is 0. The van der Waals surface area contributed by atoms with E-state index in [9.17, 15) is 0 Å². The molecule has 20 heavy (non-hydrogen) atoms. The molecule has 1 aliphatic heterocycles. The van der Waals surface area contributed by atoms with Crippen LogP contribution < -0.4 is 10.5 Å². The largest absolute Gasteiger partial charge is 0.487 e. The lowest BCUT2D eigenvalue weighted by Crippen LogP contribution is -2.40. The molecule has 1 aromatic carbocycles. The third kappa shape index (κ3) is 3.76. The van der Waals surface area contributed by atoms with Crippen molar-refractivity contribution < 1.29 is 4.74 Å². The molecule has 0 spiro atoms. The number of unbranched alkanes of at least 4 members (excludes halogenated alkanes) is 4. The zero-order valence-electron chi connectivity index (χ0n) is 13.2. The molecule has 2 unspecified atom stereocenters. The smallest absolute Gasteiger partial charge is 0.124 e. The van der Waals surface area contributed by atoms with Crippen LogP contribution in [0.15, 0.2) is 18.2 Å². The third-order valence-corrected chi connectivity index (χ3v) is 4.38. The number of rotatable bonds is 6. The lowest BCUT2D eigenvalue weighted by Gasteiger charge is -2.39. The van der Waals surface area contributed by atoms with Crippen LogP contribution in [-0.2, 0) is 0 Å². The van der Waals surface area contributed by atoms with Gasteiger partial charge >= 0.3 is 0 Å². The Balaban J connectivity index is 1.96. The van der Waals surface area contributed by atoms with Crippen LogP contribution in [0.2, 0.25) is 0 Å². The maximum absolute atomic E-state index is 6.36. The second-order valence-electron chi connectivity index (χ2n) is 6.57. The van der Waals surface area contributed by atoms with Gasteiger partial charge in [0.05, 0.1) is 0 Å². The molecule has 0 radical (unpaired) electrons. The van der Waals surface area contributed by atoms with Crippen LogP contribution in [0.5, 0.6) is 5.75 Å². The molecule has 0 amide bonds. The quantitative estimate of drug-likeness (QED) is 0.750. The van der Waals surface area contributed by atoms with Gasteiger partial charge in [-0.2, -0.15) is 0 Å². The highest BCUT2D eigenvalue weighted by Gasteiger charge is 2.35. The number of benzene rings is 1. The Labute approximate surface area is 123 Å². The van der Waals surface area contributed by atoms with Crippen LogP contribution in [0.4, 0.5) is 0 Å². The number of fused-ring (bicyclic) bond motifs is 1. The van der Waals surface area contributed by atoms with Crippen LogP contribution in [-0.4, -0.2) is 5.60 Å². The predicted molar refractivity (Wildman–Crippen MR) is 85.1 cm³/mol. The Hall–Kier alpha value is -1.02. The fraction of sp³-hybridized carbons (Fsp3) is 0.667. The number of aryl methyl sites for hydroxylation is 1. The third-order valence-electron chi connectivity index (χ3n) is 4.38. The van der Waals surface area contributed by atoms with Crippen LogP contribution in [0, 0.1) is 6.92 Å². The maximum atomic E-state index is 6.36. The first kappa shape index (κ1) is 15.4. The van der Waals surface area contributed by atoms with Crippen LogP contribution in [0.1, 0.15) is 76.0 Å². The van der Waals surface area contributed by atoms with E-state index in [0.717, 1.165) is 18.6 Å². The second kappa shape index (κ2) is 6.62. The topological polar surface area (TPSA) is 35.2 Å². The molecule has 2 nitrogen and oxygen atoms in total. The minimum Gasteiger partial charge on any atom is -0.487 e. The standard InChI is InChI=1S/C18H29NO/c1-4-5-6-7-8-11-18(3)13-16(19)15-12-14(2)9-10-17(15)20-18/h9-10,12,16H,4-8,11,13,19H2,1-3H3. The first-order chi connectivity index (χ1) is 9.54. The number of hydrogen-bond donors (Lipinski definition) is 1. The van der Waals surface area contributed by atoms with Crippen molar-refractivity contribution in [3.63, 3.8) is 0 Å². The molecule has 0 aliphatic carbocycles. The lowest BCUT2D eigenvalue weighted by atomic mass is 9.85. The van der Waals surface area contributed by atoms with Gasteiger partial charge in [0.15, 0.2) is 0 Å². The fourth-order valence-electron chi connectivity index (χ4n) is 3.19. The maximum Gasteiger partial charge on any atom is 0.124 e. The molecule has 2 rings (SSSR count). The molecule has 0 aromatic heterocycles. The highest BCUT2D eigenvalue weighted by atomic mass is 16.5. The van der Waals surface area contributed by atoms with E-state index in [0.29, 0.717) is 0 Å². The van der Waals surface area contributed by atoms with Gasteiger partial charge < -0.3 is 10.5 Å². The summed E-state index contributed by atoms with van der Waals surface area (Å²) >= 11 is 0. The molecule has 2 heteroatoms. The van der Waals surface area contributed by atoms with Crippen molar-refractivity contribution in [3.8, 4) is 5.75 Å². The van der Waals surface area contributed by atoms with Crippen molar-refractivity contribution in [3.05, 3.63) is 29.3 Å². The van der Waals surface area contributed by atoms with E-state index in [1.807, 2.05) is 0 Å². The van der Waals surface area contributed by atoms with Crippen molar-refractivity contribution >= 4 is 0 Å². The normalized spacial score (nSPS) is 25.1. The van der Waals surface area contributed by atoms with Gasteiger partial charge in [0.25, 0.3) is 0 Å². The molecule has 0 saturated heterocycles. The summed E-state index contributed by atoms with van der Waals surface area (Å²) in [5.74, 6) is 0.991. The lowest BCUT2D eigenvalue weighted by molar-refractivity contribution is 0.0429. The number of ether oxygens (including phenoxy) is 1. The van der Waals surface area contributed by atoms with Crippen LogP contribution in [0.25, 0.3) is 0 Å². The van der Waals surface area contributed by atoms with Crippen molar-refractivity contribution in [2.45, 2.75) is 77.4 Å². The zero-order chi connectivity index (χ0) is 14.6. The van der Waals surface area contributed by atoms with E-state index in [1.165, 1.54) is 43.2 Å². The minimum absolute atomic E-state index is 0.0894. The summed E-state index contributed by atoms with van der Waals surface area (Å²) in [6.07, 6.45) is 8.57. The Morgan fingerprint density at radius 2 is 2.00 bits per heavy atom. The monoisotopic (exact) mass is 275 g/mol. The van der Waals surface area contributed by atoms with Crippen molar-refractivity contribution in [2.24, 2.45) is 5.73 Å². The first-order valence-corrected chi connectivity index (χ1v) is 8.09. The van der Waals surface area contributed by atoms with Crippen LogP contribution in [0.3, 0.4) is 0 Å². The summed E-state index contributed by atoms with van der Waals surface area (Å²) in [4.78, 5) is 0. The van der Waals surface area contributed by atoms with Gasteiger partial charge in [-0.3, -0.25) is 0 Å². The number of nitrogens with two attached hydrogens (primary N) is 1. The first-order valence-electron chi connectivity index (χ1n) is 8.09. The van der Waals surface area contributed by atoms with Gasteiger partial charge in [-0.25, -0.2) is 0 Å². The molecule has 0 saturated carbocycles. The van der Waals surface area contributed by atoms with E-state index < -0.39 is 0 Å². The molecule has 1 heterocycles. The average Bonchev–Trinajstić information content (AvgIpc) is 2.39. The van der Waals surface area contributed by atoms with E-state index >= 15 is 0 Å². The zero-order valence-corrected chi connectivity index (χ0v) is 13.2. The molecule has 2 atom stereocenters. The molecular formula is C18H29NO. The molecule has 2 N–H and O–H groups in total. The highest BCUT2D eigenvalue weighted by Crippen LogP contribution is 2.40. The molecule has 0 fully saturated rings. The molecule has 0 bridgehead atoms. The SMILES string of the molecule is CCCCCCCC1(C)CC(N)c2cc(C)ccc2O1. The Kier molecular flexibility index (Phi) is 5.09. The van der Waals surface area contributed by atoms with Gasteiger partial charge in [0, 0.05) is 18.0 Å². The second-order valence-corrected chi connectivity index (χ2v) is 6.57. The van der Waals surface area contributed by atoms with E-state index in [-0.39, 0.29) is 11.6 Å². The van der Waals surface area contributed by atoms with E-state index in [1.54, 1.807) is 0 Å². The van der Waals surface area contributed by atoms with Crippen molar-refractivity contribution in [2.75, 3.05) is 0 Å². The molecular weight excluding hydrogens is 246 g/mol. The highest BCUT2D eigenvalue weighted by molar-refractivity contribution is 5.41. The molecule has 1 aromatic rings. The van der Waals surface area contributed by atoms with Gasteiger partial charge in [-0.1, -0.05) is 50.3 Å². The fourth-order valence-corrected chi connectivity index (χ4v) is 3.19. The van der Waals surface area contributed by atoms with Gasteiger partial charge in [-0.15, -0.1) is 0 Å².